The topological polar surface area (TPSA) is 38.3 Å². The van der Waals surface area contributed by atoms with Gasteiger partial charge in [-0.1, -0.05) is 23.8 Å². The first kappa shape index (κ1) is 16.1. The summed E-state index contributed by atoms with van der Waals surface area (Å²) >= 11 is 0. The molecule has 116 valence electrons. The zero-order chi connectivity index (χ0) is 16.3. The van der Waals surface area contributed by atoms with Crippen LogP contribution in [0.3, 0.4) is 0 Å². The number of hydrogen-bond acceptors (Lipinski definition) is 2. The molecule has 0 spiro atoms. The van der Waals surface area contributed by atoms with Crippen LogP contribution in [0.1, 0.15) is 45.6 Å². The lowest BCUT2D eigenvalue weighted by molar-refractivity contribution is 0.0939. The number of carbonyl (C=O) groups is 1. The summed E-state index contributed by atoms with van der Waals surface area (Å²) in [6.07, 6.45) is 0. The number of benzene rings is 2. The lowest BCUT2D eigenvalue weighted by Gasteiger charge is -2.17. The first-order valence-corrected chi connectivity index (χ1v) is 7.45. The highest BCUT2D eigenvalue weighted by Gasteiger charge is 2.14. The number of nitrogens with one attached hydrogen (secondary N) is 1. The summed E-state index contributed by atoms with van der Waals surface area (Å²) in [6.45, 7) is 8.08. The Morgan fingerprint density at radius 1 is 1.05 bits per heavy atom. The fraction of sp³-hybridized carbons (Fsp3) is 0.316. The molecular formula is C19H23NO2. The third-order valence-corrected chi connectivity index (χ3v) is 3.90. The summed E-state index contributed by atoms with van der Waals surface area (Å²) in [6, 6.07) is 11.7. The van der Waals surface area contributed by atoms with Crippen LogP contribution in [0.25, 0.3) is 0 Å². The Labute approximate surface area is 132 Å². The molecule has 0 bridgehead atoms. The van der Waals surface area contributed by atoms with Gasteiger partial charge in [-0.25, -0.2) is 0 Å². The predicted molar refractivity (Wildman–Crippen MR) is 89.5 cm³/mol. The molecule has 3 nitrogen and oxygen atoms in total. The minimum absolute atomic E-state index is 0.0319. The van der Waals surface area contributed by atoms with Gasteiger partial charge >= 0.3 is 0 Å². The maximum absolute atomic E-state index is 12.4. The summed E-state index contributed by atoms with van der Waals surface area (Å²) in [5.74, 6) is 0.720. The zero-order valence-corrected chi connectivity index (χ0v) is 13.9. The number of amides is 1. The van der Waals surface area contributed by atoms with E-state index in [0.717, 1.165) is 16.9 Å². The quantitative estimate of drug-likeness (QED) is 0.922. The maximum atomic E-state index is 12.4. The average molecular weight is 297 g/mol. The molecule has 0 fully saturated rings. The molecule has 0 aromatic heterocycles. The molecule has 2 rings (SSSR count). The highest BCUT2D eigenvalue weighted by Crippen LogP contribution is 2.21. The van der Waals surface area contributed by atoms with E-state index >= 15 is 0 Å². The van der Waals surface area contributed by atoms with Crippen LogP contribution < -0.4 is 10.1 Å². The van der Waals surface area contributed by atoms with Crippen LogP contribution in [0.15, 0.2) is 36.4 Å². The lowest BCUT2D eigenvalue weighted by Crippen LogP contribution is -2.27. The van der Waals surface area contributed by atoms with E-state index in [1.165, 1.54) is 11.1 Å². The lowest BCUT2D eigenvalue weighted by atomic mass is 10.00. The number of hydrogen-bond donors (Lipinski definition) is 1. The minimum atomic E-state index is -0.0711. The number of ether oxygens (including phenoxy) is 1. The second-order valence-corrected chi connectivity index (χ2v) is 5.74. The van der Waals surface area contributed by atoms with Crippen molar-refractivity contribution in [3.63, 3.8) is 0 Å². The predicted octanol–water partition coefficient (Wildman–Crippen LogP) is 4.11. The van der Waals surface area contributed by atoms with Gasteiger partial charge in [0.25, 0.3) is 5.91 Å². The zero-order valence-electron chi connectivity index (χ0n) is 13.9. The van der Waals surface area contributed by atoms with Crippen molar-refractivity contribution in [2.75, 3.05) is 7.11 Å². The molecule has 0 saturated carbocycles. The van der Waals surface area contributed by atoms with Gasteiger partial charge in [0.05, 0.1) is 13.2 Å². The summed E-state index contributed by atoms with van der Waals surface area (Å²) in [7, 11) is 1.63. The molecule has 0 saturated heterocycles. The second-order valence-electron chi connectivity index (χ2n) is 5.74. The van der Waals surface area contributed by atoms with E-state index < -0.39 is 0 Å². The fourth-order valence-electron chi connectivity index (χ4n) is 2.69. The largest absolute Gasteiger partial charge is 0.496 e. The van der Waals surface area contributed by atoms with Crippen LogP contribution in [0.2, 0.25) is 0 Å². The highest BCUT2D eigenvalue weighted by molar-refractivity contribution is 5.94. The highest BCUT2D eigenvalue weighted by atomic mass is 16.5. The Hall–Kier alpha value is -2.29. The first-order valence-electron chi connectivity index (χ1n) is 7.45. The van der Waals surface area contributed by atoms with Crippen molar-refractivity contribution in [2.24, 2.45) is 0 Å². The van der Waals surface area contributed by atoms with E-state index in [4.69, 9.17) is 4.74 Å². The Morgan fingerprint density at radius 2 is 1.77 bits per heavy atom. The van der Waals surface area contributed by atoms with E-state index in [1.54, 1.807) is 13.2 Å². The smallest absolute Gasteiger partial charge is 0.251 e. The normalized spacial score (nSPS) is 11.9. The van der Waals surface area contributed by atoms with Crippen LogP contribution >= 0.6 is 0 Å². The average Bonchev–Trinajstić information content (AvgIpc) is 2.46. The molecule has 0 aliphatic carbocycles. The standard InChI is InChI=1S/C19H23NO2/c1-12-6-8-17(13(2)10-12)15(4)20-19(21)16-7-9-18(22-5)14(3)11-16/h6-11,15H,1-5H3,(H,20,21)/t15-/m1/s1. The van der Waals surface area contributed by atoms with Gasteiger partial charge in [-0.3, -0.25) is 4.79 Å². The van der Waals surface area contributed by atoms with Gasteiger partial charge in [-0.2, -0.15) is 0 Å². The third kappa shape index (κ3) is 3.48. The van der Waals surface area contributed by atoms with Gasteiger partial charge in [0.15, 0.2) is 0 Å². The molecule has 0 aliphatic heterocycles. The van der Waals surface area contributed by atoms with E-state index in [0.29, 0.717) is 5.56 Å². The summed E-state index contributed by atoms with van der Waals surface area (Å²) in [4.78, 5) is 12.4. The Morgan fingerprint density at radius 3 is 2.36 bits per heavy atom. The summed E-state index contributed by atoms with van der Waals surface area (Å²) in [5, 5.41) is 3.06. The van der Waals surface area contributed by atoms with Crippen LogP contribution in [-0.2, 0) is 0 Å². The van der Waals surface area contributed by atoms with Gasteiger partial charge in [-0.05, 0) is 62.6 Å². The molecule has 0 aliphatic rings. The van der Waals surface area contributed by atoms with Crippen molar-refractivity contribution < 1.29 is 9.53 Å². The molecular weight excluding hydrogens is 274 g/mol. The van der Waals surface area contributed by atoms with Crippen molar-refractivity contribution in [2.45, 2.75) is 33.7 Å². The van der Waals surface area contributed by atoms with Crippen molar-refractivity contribution in [3.8, 4) is 5.75 Å². The SMILES string of the molecule is COc1ccc(C(=O)N[C@H](C)c2ccc(C)cc2C)cc1C. The van der Waals surface area contributed by atoms with Gasteiger partial charge in [-0.15, -0.1) is 0 Å². The molecule has 0 unspecified atom stereocenters. The molecule has 2 aromatic carbocycles. The summed E-state index contributed by atoms with van der Waals surface area (Å²) < 4.78 is 5.23. The van der Waals surface area contributed by atoms with Crippen molar-refractivity contribution in [1.29, 1.82) is 0 Å². The van der Waals surface area contributed by atoms with Crippen LogP contribution in [0, 0.1) is 20.8 Å². The van der Waals surface area contributed by atoms with Crippen LogP contribution in [-0.4, -0.2) is 13.0 Å². The van der Waals surface area contributed by atoms with Gasteiger partial charge in [0.2, 0.25) is 0 Å². The van der Waals surface area contributed by atoms with Gasteiger partial charge in [0, 0.05) is 5.56 Å². The van der Waals surface area contributed by atoms with E-state index in [9.17, 15) is 4.79 Å². The number of rotatable bonds is 4. The molecule has 2 aromatic rings. The third-order valence-electron chi connectivity index (χ3n) is 3.90. The Kier molecular flexibility index (Phi) is 4.86. The van der Waals surface area contributed by atoms with E-state index in [2.05, 4.69) is 37.4 Å². The Balaban J connectivity index is 2.15. The van der Waals surface area contributed by atoms with Crippen molar-refractivity contribution in [3.05, 3.63) is 64.2 Å². The number of methoxy groups -OCH3 is 1. The van der Waals surface area contributed by atoms with Crippen LogP contribution in [0.5, 0.6) is 5.75 Å². The van der Waals surface area contributed by atoms with Gasteiger partial charge in [0.1, 0.15) is 5.75 Å². The molecule has 1 atom stereocenters. The molecule has 1 amide bonds. The first-order chi connectivity index (χ1) is 10.4. The molecule has 3 heteroatoms. The monoisotopic (exact) mass is 297 g/mol. The number of aryl methyl sites for hydroxylation is 3. The summed E-state index contributed by atoms with van der Waals surface area (Å²) in [5.41, 5.74) is 5.16. The number of carbonyl (C=O) groups excluding carboxylic acids is 1. The fourth-order valence-corrected chi connectivity index (χ4v) is 2.69. The van der Waals surface area contributed by atoms with Crippen LogP contribution in [0.4, 0.5) is 0 Å². The van der Waals surface area contributed by atoms with Gasteiger partial charge < -0.3 is 10.1 Å². The second kappa shape index (κ2) is 6.65. The molecule has 0 radical (unpaired) electrons. The maximum Gasteiger partial charge on any atom is 0.251 e. The molecule has 0 heterocycles. The van der Waals surface area contributed by atoms with E-state index in [1.807, 2.05) is 26.0 Å². The molecule has 1 N–H and O–H groups in total. The van der Waals surface area contributed by atoms with Crippen molar-refractivity contribution >= 4 is 5.91 Å². The van der Waals surface area contributed by atoms with E-state index in [-0.39, 0.29) is 11.9 Å². The minimum Gasteiger partial charge on any atom is -0.496 e. The molecule has 22 heavy (non-hydrogen) atoms. The Bertz CT molecular complexity index is 692. The van der Waals surface area contributed by atoms with Crippen molar-refractivity contribution in [1.82, 2.24) is 5.32 Å².